The number of rotatable bonds is 3. The van der Waals surface area contributed by atoms with E-state index in [1.54, 1.807) is 11.9 Å². The van der Waals surface area contributed by atoms with Crippen LogP contribution >= 0.6 is 11.9 Å². The van der Waals surface area contributed by atoms with Crippen LogP contribution in [0.3, 0.4) is 0 Å². The van der Waals surface area contributed by atoms with Gasteiger partial charge in [-0.15, -0.1) is 0 Å². The van der Waals surface area contributed by atoms with E-state index < -0.39 is 5.60 Å². The molecular weight excluding hydrogens is 284 g/mol. The van der Waals surface area contributed by atoms with Crippen LogP contribution in [0.1, 0.15) is 67.7 Å². The van der Waals surface area contributed by atoms with Gasteiger partial charge < -0.3 is 10.1 Å². The Labute approximate surface area is 132 Å². The monoisotopic (exact) mass is 312 g/mol. The third-order valence-corrected chi connectivity index (χ3v) is 4.93. The van der Waals surface area contributed by atoms with Crippen LogP contribution in [0.2, 0.25) is 0 Å². The van der Waals surface area contributed by atoms with E-state index in [0.717, 1.165) is 19.3 Å². The Hall–Kier alpha value is -0.710. The van der Waals surface area contributed by atoms with Crippen molar-refractivity contribution in [1.29, 1.82) is 0 Å². The third kappa shape index (κ3) is 3.74. The molecule has 0 spiro atoms. The number of hydrogen-bond donors (Lipinski definition) is 1. The van der Waals surface area contributed by atoms with Crippen LogP contribution < -0.4 is 5.32 Å². The van der Waals surface area contributed by atoms with Gasteiger partial charge in [0, 0.05) is 21.4 Å². The highest BCUT2D eigenvalue weighted by Crippen LogP contribution is 2.68. The second kappa shape index (κ2) is 4.90. The van der Waals surface area contributed by atoms with E-state index in [1.807, 2.05) is 20.8 Å². The number of hydrogen-bond acceptors (Lipinski definition) is 4. The van der Waals surface area contributed by atoms with Crippen LogP contribution in [0, 0.1) is 5.41 Å². The molecule has 1 N–H and O–H groups in total. The molecule has 0 aromatic rings. The van der Waals surface area contributed by atoms with Crippen LogP contribution in [0.5, 0.6) is 0 Å². The number of carbonyl (C=O) groups excluding carboxylic acids is 1. The lowest BCUT2D eigenvalue weighted by molar-refractivity contribution is -0.0995. The first-order valence-electron chi connectivity index (χ1n) is 7.59. The van der Waals surface area contributed by atoms with Crippen molar-refractivity contribution in [2.75, 3.05) is 0 Å². The predicted octanol–water partition coefficient (Wildman–Crippen LogP) is 4.34. The molecule has 120 valence electrons. The largest absolute Gasteiger partial charge is 0.444 e. The van der Waals surface area contributed by atoms with Crippen molar-refractivity contribution in [3.05, 3.63) is 0 Å². The molecule has 3 aliphatic carbocycles. The van der Waals surface area contributed by atoms with Gasteiger partial charge in [0.15, 0.2) is 0 Å². The van der Waals surface area contributed by atoms with Gasteiger partial charge in [-0.2, -0.15) is 0 Å². The molecule has 0 heterocycles. The van der Waals surface area contributed by atoms with Gasteiger partial charge in [0.2, 0.25) is 0 Å². The highest BCUT2D eigenvalue weighted by Gasteiger charge is 2.70. The van der Waals surface area contributed by atoms with Crippen LogP contribution in [0.15, 0.2) is 4.40 Å². The molecule has 0 saturated heterocycles. The van der Waals surface area contributed by atoms with Crippen LogP contribution in [0.4, 0.5) is 4.79 Å². The average Bonchev–Trinajstić information content (AvgIpc) is 2.13. The summed E-state index contributed by atoms with van der Waals surface area (Å²) in [5.41, 5.74) is 0.973. The second-order valence-corrected chi connectivity index (χ2v) is 10.2. The number of nitrogens with zero attached hydrogens (tertiary/aromatic N) is 1. The van der Waals surface area contributed by atoms with Crippen molar-refractivity contribution in [2.24, 2.45) is 9.81 Å². The number of amides is 1. The SMILES string of the molecule is C/C(=N\SC(C)(C)C)C12CC(NC(=O)OC(C)(C)C)(C1)C2. The van der Waals surface area contributed by atoms with Gasteiger partial charge in [0.05, 0.1) is 0 Å². The molecule has 0 radical (unpaired) electrons. The van der Waals surface area contributed by atoms with Crippen molar-refractivity contribution in [1.82, 2.24) is 5.32 Å². The summed E-state index contributed by atoms with van der Waals surface area (Å²) in [7, 11) is 0. The Balaban J connectivity index is 1.84. The molecule has 3 aliphatic rings. The molecule has 3 rings (SSSR count). The molecule has 0 aliphatic heterocycles. The molecule has 3 saturated carbocycles. The molecule has 2 bridgehead atoms. The Morgan fingerprint density at radius 2 is 1.67 bits per heavy atom. The van der Waals surface area contributed by atoms with Crippen molar-refractivity contribution in [2.45, 2.75) is 83.6 Å². The fraction of sp³-hybridized carbons (Fsp3) is 0.875. The van der Waals surface area contributed by atoms with Crippen LogP contribution in [0.25, 0.3) is 0 Å². The normalized spacial score (nSPS) is 32.0. The zero-order chi connectivity index (χ0) is 16.1. The maximum absolute atomic E-state index is 11.9. The topological polar surface area (TPSA) is 50.7 Å². The Bertz CT molecular complexity index is 452. The molecule has 4 nitrogen and oxygen atoms in total. The molecule has 0 atom stereocenters. The molecular formula is C16H28N2O2S. The summed E-state index contributed by atoms with van der Waals surface area (Å²) in [6.07, 6.45) is 2.70. The Morgan fingerprint density at radius 3 is 2.10 bits per heavy atom. The molecule has 1 amide bonds. The van der Waals surface area contributed by atoms with Crippen molar-refractivity contribution in [3.8, 4) is 0 Å². The summed E-state index contributed by atoms with van der Waals surface area (Å²) < 4.78 is 10.2. The van der Waals surface area contributed by atoms with Gasteiger partial charge in [0.25, 0.3) is 0 Å². The first kappa shape index (κ1) is 16.7. The standard InChI is InChI=1S/C16H28N2O2S/c1-11(18-21-14(5,6)7)15-8-16(9-15,10-15)17-12(19)20-13(2,3)4/h8-10H2,1-7H3,(H,17,19)/b18-11+. The first-order chi connectivity index (χ1) is 9.35. The fourth-order valence-electron chi connectivity index (χ4n) is 3.13. The summed E-state index contributed by atoms with van der Waals surface area (Å²) >= 11 is 1.64. The van der Waals surface area contributed by atoms with Crippen molar-refractivity contribution in [3.63, 3.8) is 0 Å². The quantitative estimate of drug-likeness (QED) is 0.623. The van der Waals surface area contributed by atoms with E-state index in [2.05, 4.69) is 37.4 Å². The van der Waals surface area contributed by atoms with Gasteiger partial charge in [-0.25, -0.2) is 9.19 Å². The van der Waals surface area contributed by atoms with E-state index >= 15 is 0 Å². The van der Waals surface area contributed by atoms with E-state index in [9.17, 15) is 4.79 Å². The van der Waals surface area contributed by atoms with E-state index in [0.29, 0.717) is 0 Å². The van der Waals surface area contributed by atoms with Crippen molar-refractivity contribution >= 4 is 23.8 Å². The zero-order valence-electron chi connectivity index (χ0n) is 14.3. The molecule has 0 aromatic carbocycles. The third-order valence-electron chi connectivity index (χ3n) is 4.02. The summed E-state index contributed by atoms with van der Waals surface area (Å²) in [5, 5.41) is 3.04. The smallest absolute Gasteiger partial charge is 0.408 e. The number of nitrogens with one attached hydrogen (secondary N) is 1. The van der Waals surface area contributed by atoms with Gasteiger partial charge in [-0.05, 0) is 79.7 Å². The fourth-order valence-corrected chi connectivity index (χ4v) is 3.73. The Kier molecular flexibility index (Phi) is 3.89. The van der Waals surface area contributed by atoms with Gasteiger partial charge in [0.1, 0.15) is 5.60 Å². The molecule has 0 unspecified atom stereocenters. The minimum atomic E-state index is -0.438. The minimum absolute atomic E-state index is 0.0362. The summed E-state index contributed by atoms with van der Waals surface area (Å²) in [6.45, 7) is 14.3. The van der Waals surface area contributed by atoms with Gasteiger partial charge >= 0.3 is 6.09 Å². The maximum atomic E-state index is 11.9. The average molecular weight is 312 g/mol. The molecule has 3 fully saturated rings. The highest BCUT2D eigenvalue weighted by atomic mass is 32.2. The predicted molar refractivity (Wildman–Crippen MR) is 88.8 cm³/mol. The lowest BCUT2D eigenvalue weighted by atomic mass is 9.38. The van der Waals surface area contributed by atoms with Crippen LogP contribution in [-0.2, 0) is 4.74 Å². The van der Waals surface area contributed by atoms with E-state index in [4.69, 9.17) is 4.74 Å². The molecule has 0 aromatic heterocycles. The number of ether oxygens (including phenoxy) is 1. The minimum Gasteiger partial charge on any atom is -0.444 e. The summed E-state index contributed by atoms with van der Waals surface area (Å²) in [6, 6.07) is 0. The second-order valence-electron chi connectivity index (χ2n) is 8.60. The lowest BCUT2D eigenvalue weighted by Crippen LogP contribution is -2.76. The van der Waals surface area contributed by atoms with E-state index in [-0.39, 0.29) is 21.8 Å². The van der Waals surface area contributed by atoms with E-state index in [1.165, 1.54) is 5.71 Å². The lowest BCUT2D eigenvalue weighted by Gasteiger charge is -2.70. The molecule has 21 heavy (non-hydrogen) atoms. The Morgan fingerprint density at radius 1 is 1.14 bits per heavy atom. The molecule has 5 heteroatoms. The van der Waals surface area contributed by atoms with Crippen molar-refractivity contribution < 1.29 is 9.53 Å². The first-order valence-corrected chi connectivity index (χ1v) is 8.37. The summed E-state index contributed by atoms with van der Waals surface area (Å²) in [4.78, 5) is 11.9. The summed E-state index contributed by atoms with van der Waals surface area (Å²) in [5.74, 6) is 0. The number of alkyl carbamates (subject to hydrolysis) is 1. The zero-order valence-corrected chi connectivity index (χ0v) is 15.1. The number of carbonyl (C=O) groups is 1. The van der Waals surface area contributed by atoms with Gasteiger partial charge in [-0.1, -0.05) is 0 Å². The maximum Gasteiger partial charge on any atom is 0.408 e. The highest BCUT2D eigenvalue weighted by molar-refractivity contribution is 7.99. The van der Waals surface area contributed by atoms with Crippen LogP contribution in [-0.4, -0.2) is 27.7 Å². The van der Waals surface area contributed by atoms with Gasteiger partial charge in [-0.3, -0.25) is 0 Å².